The highest BCUT2D eigenvalue weighted by atomic mass is 16.5. The van der Waals surface area contributed by atoms with Crippen LogP contribution in [0, 0.1) is 0 Å². The second kappa shape index (κ2) is 3.40. The highest BCUT2D eigenvalue weighted by molar-refractivity contribution is 5.21. The first-order chi connectivity index (χ1) is 6.31. The van der Waals surface area contributed by atoms with Crippen LogP contribution in [0.25, 0.3) is 0 Å². The molecular weight excluding hydrogens is 166 g/mol. The molecule has 0 saturated heterocycles. The number of nitrogens with zero attached hydrogens (tertiary/aromatic N) is 2. The van der Waals surface area contributed by atoms with Gasteiger partial charge in [0, 0.05) is 32.0 Å². The van der Waals surface area contributed by atoms with E-state index < -0.39 is 0 Å². The van der Waals surface area contributed by atoms with Crippen LogP contribution in [-0.2, 0) is 17.8 Å². The average molecular weight is 179 g/mol. The largest absolute Gasteiger partial charge is 0.374 e. The Morgan fingerprint density at radius 3 is 3.15 bits per heavy atom. The van der Waals surface area contributed by atoms with Gasteiger partial charge >= 0.3 is 0 Å². The van der Waals surface area contributed by atoms with Crippen molar-refractivity contribution in [2.75, 3.05) is 7.11 Å². The zero-order valence-corrected chi connectivity index (χ0v) is 7.87. The van der Waals surface area contributed by atoms with E-state index in [2.05, 4.69) is 15.3 Å². The van der Waals surface area contributed by atoms with Crippen LogP contribution in [0.15, 0.2) is 6.20 Å². The van der Waals surface area contributed by atoms with E-state index in [1.54, 1.807) is 7.11 Å². The molecule has 0 amide bonds. The number of methoxy groups -OCH3 is 1. The van der Waals surface area contributed by atoms with Crippen molar-refractivity contribution in [1.82, 2.24) is 15.3 Å². The van der Waals surface area contributed by atoms with Crippen LogP contribution in [0.3, 0.4) is 0 Å². The van der Waals surface area contributed by atoms with Crippen LogP contribution in [-0.4, -0.2) is 17.1 Å². The number of fused-ring (bicyclic) bond motifs is 1. The van der Waals surface area contributed by atoms with E-state index in [4.69, 9.17) is 4.74 Å². The Labute approximate surface area is 77.4 Å². The average Bonchev–Trinajstić information content (AvgIpc) is 2.63. The Hall–Kier alpha value is -1.00. The molecule has 1 aromatic heterocycles. The second-order valence-corrected chi connectivity index (χ2v) is 3.18. The lowest BCUT2D eigenvalue weighted by atomic mass is 10.2. The molecule has 1 N–H and O–H groups in total. The molecule has 1 atom stereocenters. The summed E-state index contributed by atoms with van der Waals surface area (Å²) in [7, 11) is 1.67. The van der Waals surface area contributed by atoms with Crippen LogP contribution < -0.4 is 5.32 Å². The molecule has 70 valence electrons. The summed E-state index contributed by atoms with van der Waals surface area (Å²) in [5.41, 5.74) is 2.31. The molecule has 4 nitrogen and oxygen atoms in total. The Morgan fingerprint density at radius 2 is 2.38 bits per heavy atom. The van der Waals surface area contributed by atoms with Crippen molar-refractivity contribution in [3.8, 4) is 0 Å². The van der Waals surface area contributed by atoms with E-state index in [9.17, 15) is 0 Å². The Kier molecular flexibility index (Phi) is 2.24. The summed E-state index contributed by atoms with van der Waals surface area (Å²) in [6.45, 7) is 3.68. The van der Waals surface area contributed by atoms with Gasteiger partial charge in [-0.05, 0) is 6.92 Å². The summed E-state index contributed by atoms with van der Waals surface area (Å²) < 4.78 is 5.15. The van der Waals surface area contributed by atoms with E-state index >= 15 is 0 Å². The van der Waals surface area contributed by atoms with Crippen LogP contribution in [0.2, 0.25) is 0 Å². The van der Waals surface area contributed by atoms with Crippen molar-refractivity contribution in [3.05, 3.63) is 23.3 Å². The fraction of sp³-hybridized carbons (Fsp3) is 0.556. The molecule has 1 aliphatic heterocycles. The van der Waals surface area contributed by atoms with Crippen LogP contribution in [0.1, 0.15) is 30.1 Å². The van der Waals surface area contributed by atoms with Gasteiger partial charge in [0.2, 0.25) is 0 Å². The van der Waals surface area contributed by atoms with Crippen molar-refractivity contribution < 1.29 is 4.74 Å². The Balaban J connectivity index is 2.30. The lowest BCUT2D eigenvalue weighted by molar-refractivity contribution is 0.112. The quantitative estimate of drug-likeness (QED) is 0.729. The third-order valence-corrected chi connectivity index (χ3v) is 2.30. The van der Waals surface area contributed by atoms with Crippen molar-refractivity contribution >= 4 is 0 Å². The van der Waals surface area contributed by atoms with Gasteiger partial charge in [0.15, 0.2) is 5.82 Å². The number of hydrogen-bond donors (Lipinski definition) is 1. The minimum Gasteiger partial charge on any atom is -0.374 e. The van der Waals surface area contributed by atoms with Gasteiger partial charge in [0.1, 0.15) is 6.10 Å². The normalized spacial score (nSPS) is 17.1. The summed E-state index contributed by atoms with van der Waals surface area (Å²) in [5.74, 6) is 0.768. The molecule has 0 bridgehead atoms. The Morgan fingerprint density at radius 1 is 1.54 bits per heavy atom. The topological polar surface area (TPSA) is 47.0 Å². The van der Waals surface area contributed by atoms with Crippen molar-refractivity contribution in [3.63, 3.8) is 0 Å². The van der Waals surface area contributed by atoms with E-state index in [-0.39, 0.29) is 6.10 Å². The SMILES string of the molecule is COC(C)c1ncc2c(n1)CNC2. The molecule has 0 spiro atoms. The first kappa shape index (κ1) is 8.59. The summed E-state index contributed by atoms with van der Waals surface area (Å²) >= 11 is 0. The molecule has 0 fully saturated rings. The predicted octanol–water partition coefficient (Wildman–Crippen LogP) is 0.787. The molecular formula is C9H13N3O. The minimum absolute atomic E-state index is 0.0223. The third kappa shape index (κ3) is 1.55. The van der Waals surface area contributed by atoms with Crippen molar-refractivity contribution in [2.24, 2.45) is 0 Å². The number of hydrogen-bond acceptors (Lipinski definition) is 4. The first-order valence-electron chi connectivity index (χ1n) is 4.39. The summed E-state index contributed by atoms with van der Waals surface area (Å²) in [5, 5.41) is 3.23. The van der Waals surface area contributed by atoms with E-state index in [0.717, 1.165) is 24.6 Å². The highest BCUT2D eigenvalue weighted by Gasteiger charge is 2.15. The van der Waals surface area contributed by atoms with E-state index in [1.165, 1.54) is 5.56 Å². The molecule has 1 unspecified atom stereocenters. The summed E-state index contributed by atoms with van der Waals surface area (Å²) in [6, 6.07) is 0. The van der Waals surface area contributed by atoms with Gasteiger partial charge in [-0.3, -0.25) is 0 Å². The summed E-state index contributed by atoms with van der Waals surface area (Å²) in [4.78, 5) is 8.67. The van der Waals surface area contributed by atoms with E-state index in [1.807, 2.05) is 13.1 Å². The monoisotopic (exact) mass is 179 g/mol. The molecule has 13 heavy (non-hydrogen) atoms. The smallest absolute Gasteiger partial charge is 0.157 e. The van der Waals surface area contributed by atoms with Gasteiger partial charge in [-0.15, -0.1) is 0 Å². The fourth-order valence-corrected chi connectivity index (χ4v) is 1.38. The maximum atomic E-state index is 5.15. The second-order valence-electron chi connectivity index (χ2n) is 3.18. The minimum atomic E-state index is -0.0223. The molecule has 2 rings (SSSR count). The molecule has 0 saturated carbocycles. The maximum absolute atomic E-state index is 5.15. The number of rotatable bonds is 2. The molecule has 1 aromatic rings. The van der Waals surface area contributed by atoms with Crippen LogP contribution >= 0.6 is 0 Å². The lowest BCUT2D eigenvalue weighted by Gasteiger charge is -2.08. The summed E-state index contributed by atoms with van der Waals surface area (Å²) in [6.07, 6.45) is 1.86. The van der Waals surface area contributed by atoms with Gasteiger partial charge in [0.05, 0.1) is 5.69 Å². The van der Waals surface area contributed by atoms with Crippen molar-refractivity contribution in [2.45, 2.75) is 26.1 Å². The van der Waals surface area contributed by atoms with Gasteiger partial charge in [-0.25, -0.2) is 9.97 Å². The highest BCUT2D eigenvalue weighted by Crippen LogP contribution is 2.16. The number of aromatic nitrogens is 2. The van der Waals surface area contributed by atoms with Crippen LogP contribution in [0.5, 0.6) is 0 Å². The zero-order valence-electron chi connectivity index (χ0n) is 7.87. The van der Waals surface area contributed by atoms with Gasteiger partial charge in [-0.1, -0.05) is 0 Å². The number of nitrogens with one attached hydrogen (secondary N) is 1. The van der Waals surface area contributed by atoms with Crippen molar-refractivity contribution in [1.29, 1.82) is 0 Å². The Bertz CT molecular complexity index is 314. The van der Waals surface area contributed by atoms with Crippen LogP contribution in [0.4, 0.5) is 0 Å². The number of ether oxygens (including phenoxy) is 1. The first-order valence-corrected chi connectivity index (χ1v) is 4.39. The zero-order chi connectivity index (χ0) is 9.26. The fourth-order valence-electron chi connectivity index (χ4n) is 1.38. The molecule has 0 radical (unpaired) electrons. The molecule has 0 aliphatic carbocycles. The van der Waals surface area contributed by atoms with Gasteiger partial charge < -0.3 is 10.1 Å². The molecule has 2 heterocycles. The molecule has 1 aliphatic rings. The van der Waals surface area contributed by atoms with Gasteiger partial charge in [-0.2, -0.15) is 0 Å². The third-order valence-electron chi connectivity index (χ3n) is 2.30. The molecule has 4 heteroatoms. The molecule has 0 aromatic carbocycles. The lowest BCUT2D eigenvalue weighted by Crippen LogP contribution is -2.05. The van der Waals surface area contributed by atoms with Gasteiger partial charge in [0.25, 0.3) is 0 Å². The van der Waals surface area contributed by atoms with E-state index in [0.29, 0.717) is 0 Å². The maximum Gasteiger partial charge on any atom is 0.157 e. The predicted molar refractivity (Wildman–Crippen MR) is 48.0 cm³/mol. The standard InChI is InChI=1S/C9H13N3O/c1-6(13-2)9-11-4-7-3-10-5-8(7)12-9/h4,6,10H,3,5H2,1-2H3.